The van der Waals surface area contributed by atoms with Crippen molar-refractivity contribution in [2.24, 2.45) is 0 Å². The van der Waals surface area contributed by atoms with Crippen molar-refractivity contribution in [1.29, 1.82) is 0 Å². The lowest BCUT2D eigenvalue weighted by Crippen LogP contribution is -2.40. The van der Waals surface area contributed by atoms with Crippen molar-refractivity contribution >= 4 is 50.6 Å². The molecule has 0 radical (unpaired) electrons. The SMILES string of the molecule is O=C(COC(=O)/C(=C\c1ccc(F)cc1)c1cccs1)Nc1ccc(S(=O)(=O)N2CCOCC2)cc1. The Balaban J connectivity index is 1.37. The number of benzene rings is 2. The predicted molar refractivity (Wildman–Crippen MR) is 134 cm³/mol. The van der Waals surface area contributed by atoms with Gasteiger partial charge in [0.25, 0.3) is 5.91 Å². The van der Waals surface area contributed by atoms with Gasteiger partial charge < -0.3 is 14.8 Å². The zero-order chi connectivity index (χ0) is 25.5. The van der Waals surface area contributed by atoms with E-state index in [1.807, 2.05) is 0 Å². The number of amides is 1. The molecular weight excluding hydrogens is 507 g/mol. The number of sulfonamides is 1. The second-order valence-electron chi connectivity index (χ2n) is 7.75. The molecule has 1 N–H and O–H groups in total. The molecule has 0 bridgehead atoms. The Bertz CT molecular complexity index is 1330. The van der Waals surface area contributed by atoms with Crippen LogP contribution in [0.25, 0.3) is 11.6 Å². The Morgan fingerprint density at radius 2 is 1.75 bits per heavy atom. The normalized spacial score (nSPS) is 14.9. The van der Waals surface area contributed by atoms with Crippen LogP contribution in [0.1, 0.15) is 10.4 Å². The third kappa shape index (κ3) is 6.43. The number of esters is 1. The van der Waals surface area contributed by atoms with Crippen LogP contribution in [0.3, 0.4) is 0 Å². The van der Waals surface area contributed by atoms with Gasteiger partial charge >= 0.3 is 5.97 Å². The van der Waals surface area contributed by atoms with Crippen LogP contribution in [-0.2, 0) is 29.1 Å². The maximum Gasteiger partial charge on any atom is 0.340 e. The molecule has 188 valence electrons. The van der Waals surface area contributed by atoms with Gasteiger partial charge in [-0.3, -0.25) is 4.79 Å². The van der Waals surface area contributed by atoms with E-state index < -0.39 is 34.3 Å². The summed E-state index contributed by atoms with van der Waals surface area (Å²) < 4.78 is 50.4. The van der Waals surface area contributed by atoms with Crippen molar-refractivity contribution < 1.29 is 31.9 Å². The molecule has 0 aliphatic carbocycles. The van der Waals surface area contributed by atoms with Gasteiger partial charge in [-0.2, -0.15) is 4.31 Å². The summed E-state index contributed by atoms with van der Waals surface area (Å²) in [5.74, 6) is -1.68. The zero-order valence-electron chi connectivity index (χ0n) is 19.1. The molecule has 1 aliphatic heterocycles. The highest BCUT2D eigenvalue weighted by Gasteiger charge is 2.26. The standard InChI is InChI=1S/C25H23FN2O6S2/c26-19-5-3-18(4-6-19)16-22(23-2-1-15-35-23)25(30)34-17-24(29)27-20-7-9-21(10-8-20)36(31,32)28-11-13-33-14-12-28/h1-10,15-16H,11-14,17H2,(H,27,29)/b22-16-. The second-order valence-corrected chi connectivity index (χ2v) is 10.6. The number of nitrogens with zero attached hydrogens (tertiary/aromatic N) is 1. The topological polar surface area (TPSA) is 102 Å². The summed E-state index contributed by atoms with van der Waals surface area (Å²) in [5.41, 5.74) is 1.20. The largest absolute Gasteiger partial charge is 0.452 e. The van der Waals surface area contributed by atoms with Crippen LogP contribution >= 0.6 is 11.3 Å². The van der Waals surface area contributed by atoms with Crippen LogP contribution in [0.2, 0.25) is 0 Å². The second kappa shape index (κ2) is 11.6. The van der Waals surface area contributed by atoms with Crippen LogP contribution in [0.5, 0.6) is 0 Å². The van der Waals surface area contributed by atoms with Gasteiger partial charge in [-0.15, -0.1) is 11.3 Å². The van der Waals surface area contributed by atoms with E-state index in [0.29, 0.717) is 29.3 Å². The summed E-state index contributed by atoms with van der Waals surface area (Å²) in [6.45, 7) is 0.724. The molecule has 4 rings (SSSR count). The van der Waals surface area contributed by atoms with E-state index in [0.717, 1.165) is 0 Å². The predicted octanol–water partition coefficient (Wildman–Crippen LogP) is 3.63. The lowest BCUT2D eigenvalue weighted by Gasteiger charge is -2.26. The number of morpholine rings is 1. The third-order valence-electron chi connectivity index (χ3n) is 5.27. The number of carbonyl (C=O) groups excluding carboxylic acids is 2. The van der Waals surface area contributed by atoms with Crippen molar-refractivity contribution in [3.63, 3.8) is 0 Å². The molecule has 1 aromatic heterocycles. The fourth-order valence-corrected chi connectivity index (χ4v) is 5.58. The van der Waals surface area contributed by atoms with E-state index in [1.165, 1.54) is 64.2 Å². The average Bonchev–Trinajstić information content (AvgIpc) is 3.42. The monoisotopic (exact) mass is 530 g/mol. The number of thiophene rings is 1. The Morgan fingerprint density at radius 1 is 1.06 bits per heavy atom. The van der Waals surface area contributed by atoms with E-state index >= 15 is 0 Å². The maximum atomic E-state index is 13.2. The van der Waals surface area contributed by atoms with E-state index in [4.69, 9.17) is 9.47 Å². The van der Waals surface area contributed by atoms with Crippen molar-refractivity contribution in [3.8, 4) is 0 Å². The molecule has 0 saturated carbocycles. The highest BCUT2D eigenvalue weighted by atomic mass is 32.2. The number of hydrogen-bond acceptors (Lipinski definition) is 7. The van der Waals surface area contributed by atoms with Crippen molar-refractivity contribution in [2.45, 2.75) is 4.90 Å². The van der Waals surface area contributed by atoms with Gasteiger partial charge in [0.05, 0.1) is 23.7 Å². The zero-order valence-corrected chi connectivity index (χ0v) is 20.7. The molecule has 2 heterocycles. The van der Waals surface area contributed by atoms with E-state index in [9.17, 15) is 22.4 Å². The molecule has 3 aromatic rings. The number of halogens is 1. The molecule has 36 heavy (non-hydrogen) atoms. The Hall–Kier alpha value is -3.38. The van der Waals surface area contributed by atoms with Gasteiger partial charge in [0.2, 0.25) is 10.0 Å². The number of nitrogens with one attached hydrogen (secondary N) is 1. The molecule has 0 spiro atoms. The summed E-state index contributed by atoms with van der Waals surface area (Å²) in [6, 6.07) is 14.9. The van der Waals surface area contributed by atoms with E-state index in [2.05, 4.69) is 5.32 Å². The summed E-state index contributed by atoms with van der Waals surface area (Å²) in [5, 5.41) is 4.38. The van der Waals surface area contributed by atoms with Gasteiger partial charge in [0.15, 0.2) is 6.61 Å². The smallest absolute Gasteiger partial charge is 0.340 e. The summed E-state index contributed by atoms with van der Waals surface area (Å²) in [6.07, 6.45) is 1.57. The first kappa shape index (κ1) is 25.7. The minimum atomic E-state index is -3.64. The molecule has 1 aliphatic rings. The number of anilines is 1. The average molecular weight is 531 g/mol. The lowest BCUT2D eigenvalue weighted by molar-refractivity contribution is -0.141. The number of ether oxygens (including phenoxy) is 2. The molecule has 8 nitrogen and oxygen atoms in total. The Morgan fingerprint density at radius 3 is 2.39 bits per heavy atom. The fourth-order valence-electron chi connectivity index (χ4n) is 3.44. The van der Waals surface area contributed by atoms with Gasteiger partial charge in [0.1, 0.15) is 5.82 Å². The van der Waals surface area contributed by atoms with Crippen molar-refractivity contribution in [3.05, 3.63) is 82.3 Å². The molecule has 2 aromatic carbocycles. The van der Waals surface area contributed by atoms with Gasteiger partial charge in [-0.05, 0) is 59.5 Å². The first-order chi connectivity index (χ1) is 17.3. The van der Waals surface area contributed by atoms with Crippen LogP contribution < -0.4 is 5.32 Å². The third-order valence-corrected chi connectivity index (χ3v) is 8.08. The highest BCUT2D eigenvalue weighted by Crippen LogP contribution is 2.25. The fraction of sp³-hybridized carbons (Fsp3) is 0.200. The van der Waals surface area contributed by atoms with Crippen LogP contribution in [0.4, 0.5) is 10.1 Å². The quantitative estimate of drug-likeness (QED) is 0.353. The first-order valence-electron chi connectivity index (χ1n) is 11.0. The first-order valence-corrected chi connectivity index (χ1v) is 13.3. The molecule has 1 fully saturated rings. The van der Waals surface area contributed by atoms with Crippen molar-refractivity contribution in [2.75, 3.05) is 38.2 Å². The van der Waals surface area contributed by atoms with Gasteiger partial charge in [-0.1, -0.05) is 18.2 Å². The number of carbonyl (C=O) groups is 2. The van der Waals surface area contributed by atoms with E-state index in [1.54, 1.807) is 23.6 Å². The Labute approximate surface area is 212 Å². The van der Waals surface area contributed by atoms with Crippen LogP contribution in [0, 0.1) is 5.82 Å². The molecule has 1 amide bonds. The molecular formula is C25H23FN2O6S2. The minimum absolute atomic E-state index is 0.111. The summed E-state index contributed by atoms with van der Waals surface area (Å²) in [7, 11) is -3.64. The van der Waals surface area contributed by atoms with Gasteiger partial charge in [-0.25, -0.2) is 17.6 Å². The van der Waals surface area contributed by atoms with Crippen LogP contribution in [-0.4, -0.2) is 57.5 Å². The Kier molecular flexibility index (Phi) is 8.26. The summed E-state index contributed by atoms with van der Waals surface area (Å²) in [4.78, 5) is 25.9. The highest BCUT2D eigenvalue weighted by molar-refractivity contribution is 7.89. The van der Waals surface area contributed by atoms with Crippen molar-refractivity contribution in [1.82, 2.24) is 4.31 Å². The molecule has 0 unspecified atom stereocenters. The maximum absolute atomic E-state index is 13.2. The summed E-state index contributed by atoms with van der Waals surface area (Å²) >= 11 is 1.33. The lowest BCUT2D eigenvalue weighted by atomic mass is 10.1. The molecule has 0 atom stereocenters. The van der Waals surface area contributed by atoms with Gasteiger partial charge in [0, 0.05) is 23.7 Å². The number of rotatable bonds is 8. The van der Waals surface area contributed by atoms with Crippen LogP contribution in [0.15, 0.2) is 70.9 Å². The van der Waals surface area contributed by atoms with E-state index in [-0.39, 0.29) is 23.6 Å². The minimum Gasteiger partial charge on any atom is -0.452 e. The molecule has 1 saturated heterocycles. The number of hydrogen-bond donors (Lipinski definition) is 1. The molecule has 11 heteroatoms.